The van der Waals surface area contributed by atoms with Crippen LogP contribution in [0.15, 0.2) is 97.2 Å². The van der Waals surface area contributed by atoms with Crippen LogP contribution in [0.1, 0.15) is 245 Å². The fraction of sp³-hybridized carbons (Fsp3) is 0.683. The molecule has 0 bridgehead atoms. The molecule has 1 unspecified atom stereocenters. The smallest absolute Gasteiger partial charge is 0.306 e. The SMILES string of the molecule is CC/C=C\C/C=C\C/C=C\C/C=C\C/C=C\C/C=C\CCCCCCCCC(=O)OCC(COC(=O)CCCCCCCCC)OC(=O)CCCCCCC/C=C\C/C=C\CCCCCC. The quantitative estimate of drug-likeness (QED) is 0.0262. The van der Waals surface area contributed by atoms with Crippen LogP contribution in [0.25, 0.3) is 0 Å². The summed E-state index contributed by atoms with van der Waals surface area (Å²) in [5.74, 6) is -0.925. The molecular formula is C60H100O6. The molecule has 0 aromatic rings. The maximum atomic E-state index is 12.8. The van der Waals surface area contributed by atoms with Gasteiger partial charge in [-0.15, -0.1) is 0 Å². The van der Waals surface area contributed by atoms with Crippen LogP contribution in [-0.2, 0) is 28.6 Å². The molecule has 0 spiro atoms. The number of unbranched alkanes of at least 4 members (excludes halogenated alkanes) is 21. The minimum absolute atomic E-state index is 0.0881. The molecule has 376 valence electrons. The van der Waals surface area contributed by atoms with Crippen LogP contribution >= 0.6 is 0 Å². The maximum absolute atomic E-state index is 12.8. The third kappa shape index (κ3) is 51.3. The molecule has 0 saturated heterocycles. The fourth-order valence-electron chi connectivity index (χ4n) is 7.24. The highest BCUT2D eigenvalue weighted by Crippen LogP contribution is 2.13. The van der Waals surface area contributed by atoms with Crippen LogP contribution in [0.3, 0.4) is 0 Å². The van der Waals surface area contributed by atoms with Gasteiger partial charge in [0.2, 0.25) is 0 Å². The van der Waals surface area contributed by atoms with Crippen molar-refractivity contribution < 1.29 is 28.6 Å². The van der Waals surface area contributed by atoms with Gasteiger partial charge in [-0.25, -0.2) is 0 Å². The van der Waals surface area contributed by atoms with E-state index in [0.717, 1.165) is 135 Å². The van der Waals surface area contributed by atoms with Gasteiger partial charge in [0.05, 0.1) is 0 Å². The van der Waals surface area contributed by atoms with Crippen LogP contribution in [0, 0.1) is 0 Å². The van der Waals surface area contributed by atoms with Crippen LogP contribution in [0.2, 0.25) is 0 Å². The Kier molecular flexibility index (Phi) is 50.9. The first kappa shape index (κ1) is 62.3. The molecule has 0 aromatic carbocycles. The van der Waals surface area contributed by atoms with Gasteiger partial charge in [-0.1, -0.05) is 221 Å². The predicted octanol–water partition coefficient (Wildman–Crippen LogP) is 18.1. The molecule has 0 saturated carbocycles. The molecule has 0 aliphatic carbocycles. The molecule has 0 radical (unpaired) electrons. The van der Waals surface area contributed by atoms with Crippen LogP contribution in [0.5, 0.6) is 0 Å². The fourth-order valence-corrected chi connectivity index (χ4v) is 7.24. The summed E-state index contributed by atoms with van der Waals surface area (Å²) in [7, 11) is 0. The lowest BCUT2D eigenvalue weighted by Crippen LogP contribution is -2.30. The normalized spacial score (nSPS) is 12.8. The number of carbonyl (C=O) groups excluding carboxylic acids is 3. The number of allylic oxidation sites excluding steroid dienone is 16. The van der Waals surface area contributed by atoms with Crippen molar-refractivity contribution in [2.24, 2.45) is 0 Å². The van der Waals surface area contributed by atoms with E-state index in [-0.39, 0.29) is 31.1 Å². The first-order chi connectivity index (χ1) is 32.5. The standard InChI is InChI=1S/C60H100O6/c1-4-7-10-13-16-18-20-22-24-26-27-28-29-30-31-32-33-34-36-37-39-41-44-47-50-53-59(62)65-56-57(55-64-58(61)52-49-46-43-15-12-9-6-3)66-60(63)54-51-48-45-42-40-38-35-25-23-21-19-17-14-11-8-5-2/h7,10,16,18-19,21-22,24-25,27-28,30-31,33-35,57H,4-6,8-9,11-15,17,20,23,26,29,32,36-56H2,1-3H3/b10-7-,18-16-,21-19-,24-22-,28-27-,31-30-,34-33-,35-25-. The lowest BCUT2D eigenvalue weighted by Gasteiger charge is -2.18. The number of ether oxygens (including phenoxy) is 3. The van der Waals surface area contributed by atoms with E-state index < -0.39 is 6.10 Å². The molecule has 0 aliphatic heterocycles. The van der Waals surface area contributed by atoms with Crippen molar-refractivity contribution in [1.82, 2.24) is 0 Å². The Labute approximate surface area is 407 Å². The molecule has 0 amide bonds. The van der Waals surface area contributed by atoms with Crippen molar-refractivity contribution in [2.75, 3.05) is 13.2 Å². The topological polar surface area (TPSA) is 78.9 Å². The van der Waals surface area contributed by atoms with E-state index in [4.69, 9.17) is 14.2 Å². The van der Waals surface area contributed by atoms with Gasteiger partial charge in [-0.05, 0) is 103 Å². The van der Waals surface area contributed by atoms with Gasteiger partial charge in [0.25, 0.3) is 0 Å². The number of hydrogen-bond acceptors (Lipinski definition) is 6. The summed E-state index contributed by atoms with van der Waals surface area (Å²) in [4.78, 5) is 37.9. The highest BCUT2D eigenvalue weighted by Gasteiger charge is 2.19. The number of esters is 3. The second-order valence-electron chi connectivity index (χ2n) is 17.8. The Hall–Kier alpha value is -3.67. The van der Waals surface area contributed by atoms with Gasteiger partial charge >= 0.3 is 17.9 Å². The highest BCUT2D eigenvalue weighted by atomic mass is 16.6. The molecule has 0 aromatic heterocycles. The van der Waals surface area contributed by atoms with E-state index in [0.29, 0.717) is 19.3 Å². The molecule has 0 rings (SSSR count). The lowest BCUT2D eigenvalue weighted by molar-refractivity contribution is -0.167. The van der Waals surface area contributed by atoms with Crippen LogP contribution in [-0.4, -0.2) is 37.2 Å². The number of hydrogen-bond donors (Lipinski definition) is 0. The minimum Gasteiger partial charge on any atom is -0.462 e. The van der Waals surface area contributed by atoms with E-state index in [1.807, 2.05) is 0 Å². The van der Waals surface area contributed by atoms with Gasteiger partial charge in [-0.3, -0.25) is 14.4 Å². The van der Waals surface area contributed by atoms with Crippen molar-refractivity contribution in [3.05, 3.63) is 97.2 Å². The predicted molar refractivity (Wildman–Crippen MR) is 284 cm³/mol. The van der Waals surface area contributed by atoms with E-state index in [1.54, 1.807) is 0 Å². The van der Waals surface area contributed by atoms with Crippen LogP contribution in [0.4, 0.5) is 0 Å². The third-order valence-corrected chi connectivity index (χ3v) is 11.3. The monoisotopic (exact) mass is 917 g/mol. The Bertz CT molecular complexity index is 1330. The van der Waals surface area contributed by atoms with Crippen LogP contribution < -0.4 is 0 Å². The molecule has 0 N–H and O–H groups in total. The third-order valence-electron chi connectivity index (χ3n) is 11.3. The zero-order valence-electron chi connectivity index (χ0n) is 42.9. The molecular weight excluding hydrogens is 817 g/mol. The highest BCUT2D eigenvalue weighted by molar-refractivity contribution is 5.71. The summed E-state index contributed by atoms with van der Waals surface area (Å²) in [5.41, 5.74) is 0. The maximum Gasteiger partial charge on any atom is 0.306 e. The van der Waals surface area contributed by atoms with Crippen molar-refractivity contribution in [3.63, 3.8) is 0 Å². The molecule has 6 nitrogen and oxygen atoms in total. The summed E-state index contributed by atoms with van der Waals surface area (Å²) in [5, 5.41) is 0. The van der Waals surface area contributed by atoms with Crippen molar-refractivity contribution >= 4 is 17.9 Å². The summed E-state index contributed by atoms with van der Waals surface area (Å²) in [6.07, 6.45) is 71.2. The second kappa shape index (κ2) is 53.9. The molecule has 0 aliphatic rings. The zero-order chi connectivity index (χ0) is 47.9. The van der Waals surface area contributed by atoms with Gasteiger partial charge in [0.15, 0.2) is 6.10 Å². The van der Waals surface area contributed by atoms with E-state index in [2.05, 4.69) is 118 Å². The molecule has 1 atom stereocenters. The Morgan fingerprint density at radius 2 is 0.591 bits per heavy atom. The van der Waals surface area contributed by atoms with Crippen molar-refractivity contribution in [1.29, 1.82) is 0 Å². The van der Waals surface area contributed by atoms with E-state index in [1.165, 1.54) is 70.6 Å². The minimum atomic E-state index is -0.789. The molecule has 0 fully saturated rings. The Morgan fingerprint density at radius 1 is 0.318 bits per heavy atom. The first-order valence-corrected chi connectivity index (χ1v) is 27.2. The van der Waals surface area contributed by atoms with Gasteiger partial charge in [0.1, 0.15) is 13.2 Å². The second-order valence-corrected chi connectivity index (χ2v) is 17.8. The van der Waals surface area contributed by atoms with Crippen molar-refractivity contribution in [3.8, 4) is 0 Å². The van der Waals surface area contributed by atoms with Gasteiger partial charge < -0.3 is 14.2 Å². The van der Waals surface area contributed by atoms with Crippen molar-refractivity contribution in [2.45, 2.75) is 252 Å². The molecule has 6 heteroatoms. The Morgan fingerprint density at radius 3 is 0.939 bits per heavy atom. The number of carbonyl (C=O) groups is 3. The summed E-state index contributed by atoms with van der Waals surface area (Å²) < 4.78 is 16.7. The van der Waals surface area contributed by atoms with Gasteiger partial charge in [0, 0.05) is 19.3 Å². The summed E-state index contributed by atoms with van der Waals surface area (Å²) >= 11 is 0. The first-order valence-electron chi connectivity index (χ1n) is 27.2. The summed E-state index contributed by atoms with van der Waals surface area (Å²) in [6, 6.07) is 0. The van der Waals surface area contributed by atoms with E-state index >= 15 is 0 Å². The average molecular weight is 917 g/mol. The largest absolute Gasteiger partial charge is 0.462 e. The zero-order valence-corrected chi connectivity index (χ0v) is 42.9. The molecule has 0 heterocycles. The summed E-state index contributed by atoms with van der Waals surface area (Å²) in [6.45, 7) is 6.44. The Balaban J connectivity index is 4.27. The molecule has 66 heavy (non-hydrogen) atoms. The number of rotatable bonds is 48. The van der Waals surface area contributed by atoms with E-state index in [9.17, 15) is 14.4 Å². The van der Waals surface area contributed by atoms with Gasteiger partial charge in [-0.2, -0.15) is 0 Å². The lowest BCUT2D eigenvalue weighted by atomic mass is 10.1. The average Bonchev–Trinajstić information content (AvgIpc) is 3.31.